The van der Waals surface area contributed by atoms with Crippen molar-refractivity contribution in [1.82, 2.24) is 0 Å². The second-order valence-corrected chi connectivity index (χ2v) is 6.83. The van der Waals surface area contributed by atoms with Crippen molar-refractivity contribution in [1.29, 1.82) is 0 Å². The maximum atomic E-state index is 12.4. The minimum atomic E-state index is -1.23. The average Bonchev–Trinajstić information content (AvgIpc) is 3.05. The van der Waals surface area contributed by atoms with Crippen molar-refractivity contribution < 1.29 is 24.9 Å². The average molecular weight is 296 g/mol. The fourth-order valence-electron chi connectivity index (χ4n) is 4.37. The van der Waals surface area contributed by atoms with Gasteiger partial charge in [0.1, 0.15) is 17.8 Å². The molecule has 5 nitrogen and oxygen atoms in total. The van der Waals surface area contributed by atoms with Gasteiger partial charge < -0.3 is 20.1 Å². The quantitative estimate of drug-likeness (QED) is 0.674. The number of hydrogen-bond donors (Lipinski definition) is 3. The zero-order valence-corrected chi connectivity index (χ0v) is 12.4. The van der Waals surface area contributed by atoms with E-state index in [1.54, 1.807) is 0 Å². The van der Waals surface area contributed by atoms with Crippen LogP contribution in [0.25, 0.3) is 0 Å². The first-order valence-corrected chi connectivity index (χ1v) is 7.93. The Morgan fingerprint density at radius 2 is 2.14 bits per heavy atom. The van der Waals surface area contributed by atoms with E-state index in [1.807, 2.05) is 0 Å². The minimum absolute atomic E-state index is 0.0327. The molecule has 5 heteroatoms. The molecule has 2 fully saturated rings. The van der Waals surface area contributed by atoms with Crippen molar-refractivity contribution >= 4 is 5.97 Å². The van der Waals surface area contributed by atoms with Crippen molar-refractivity contribution in [3.8, 4) is 0 Å². The highest BCUT2D eigenvalue weighted by Gasteiger charge is 2.52. The summed E-state index contributed by atoms with van der Waals surface area (Å²) >= 11 is 0. The third-order valence-corrected chi connectivity index (χ3v) is 5.62. The third-order valence-electron chi connectivity index (χ3n) is 5.62. The van der Waals surface area contributed by atoms with Gasteiger partial charge in [-0.2, -0.15) is 0 Å². The zero-order valence-electron chi connectivity index (χ0n) is 12.4. The van der Waals surface area contributed by atoms with E-state index in [2.05, 4.69) is 6.92 Å². The van der Waals surface area contributed by atoms with Crippen molar-refractivity contribution in [2.24, 2.45) is 11.8 Å². The number of aliphatic hydroxyl groups excluding tert-OH is 3. The van der Waals surface area contributed by atoms with E-state index < -0.39 is 24.3 Å². The highest BCUT2D eigenvalue weighted by Crippen LogP contribution is 2.54. The molecule has 6 unspecified atom stereocenters. The van der Waals surface area contributed by atoms with Crippen LogP contribution in [0.1, 0.15) is 45.4 Å². The van der Waals surface area contributed by atoms with Crippen molar-refractivity contribution in [3.63, 3.8) is 0 Å². The Morgan fingerprint density at radius 3 is 2.67 bits per heavy atom. The molecule has 0 aromatic carbocycles. The number of rotatable bonds is 3. The van der Waals surface area contributed by atoms with Gasteiger partial charge in [-0.15, -0.1) is 0 Å². The summed E-state index contributed by atoms with van der Waals surface area (Å²) in [5.74, 6) is 0.663. The summed E-state index contributed by atoms with van der Waals surface area (Å²) in [6, 6.07) is 0. The fraction of sp³-hybridized carbons (Fsp3) is 0.812. The third kappa shape index (κ3) is 2.51. The lowest BCUT2D eigenvalue weighted by molar-refractivity contribution is -0.162. The molecule has 0 aromatic heterocycles. The lowest BCUT2D eigenvalue weighted by Gasteiger charge is -2.37. The van der Waals surface area contributed by atoms with E-state index in [4.69, 9.17) is 4.74 Å². The predicted octanol–water partition coefficient (Wildman–Crippen LogP) is 0.911. The van der Waals surface area contributed by atoms with Gasteiger partial charge in [0.25, 0.3) is 0 Å². The normalized spacial score (nSPS) is 45.5. The van der Waals surface area contributed by atoms with Gasteiger partial charge in [0.2, 0.25) is 0 Å². The lowest BCUT2D eigenvalue weighted by Crippen LogP contribution is -2.44. The molecule has 0 heterocycles. The summed E-state index contributed by atoms with van der Waals surface area (Å²) in [6.45, 7) is 2.05. The van der Waals surface area contributed by atoms with Crippen LogP contribution < -0.4 is 0 Å². The van der Waals surface area contributed by atoms with Crippen LogP contribution in [-0.2, 0) is 9.53 Å². The first-order chi connectivity index (χ1) is 9.95. The molecule has 0 radical (unpaired) electrons. The summed E-state index contributed by atoms with van der Waals surface area (Å²) in [6.07, 6.45) is 3.02. The summed E-state index contributed by atoms with van der Waals surface area (Å²) in [5, 5.41) is 28.9. The van der Waals surface area contributed by atoms with Gasteiger partial charge in [-0.1, -0.05) is 6.92 Å². The molecule has 0 spiro atoms. The molecule has 118 valence electrons. The lowest BCUT2D eigenvalue weighted by atomic mass is 9.82. The van der Waals surface area contributed by atoms with Gasteiger partial charge >= 0.3 is 5.97 Å². The molecule has 6 atom stereocenters. The standard InChI is InChI=1S/C16H24O5/c1-2-16(8-9-3-4-11(16)5-9)21-15(20)10-6-12(17)14(19)13(18)7-10/h6,9,11-14,17-19H,2-5,7-8H2,1H3. The molecule has 21 heavy (non-hydrogen) atoms. The van der Waals surface area contributed by atoms with Crippen molar-refractivity contribution in [3.05, 3.63) is 11.6 Å². The van der Waals surface area contributed by atoms with Gasteiger partial charge in [0.15, 0.2) is 0 Å². The highest BCUT2D eigenvalue weighted by atomic mass is 16.6. The van der Waals surface area contributed by atoms with Crippen LogP contribution in [0.4, 0.5) is 0 Å². The number of carbonyl (C=O) groups excluding carboxylic acids is 1. The molecule has 3 N–H and O–H groups in total. The van der Waals surface area contributed by atoms with E-state index in [0.29, 0.717) is 11.8 Å². The Morgan fingerprint density at radius 1 is 1.38 bits per heavy atom. The van der Waals surface area contributed by atoms with Crippen molar-refractivity contribution in [2.45, 2.75) is 69.4 Å². The molecule has 2 bridgehead atoms. The number of ether oxygens (including phenoxy) is 1. The number of aliphatic hydroxyl groups is 3. The van der Waals surface area contributed by atoms with Crippen LogP contribution in [-0.4, -0.2) is 45.2 Å². The van der Waals surface area contributed by atoms with Gasteiger partial charge in [-0.05, 0) is 50.0 Å². The second-order valence-electron chi connectivity index (χ2n) is 6.83. The Bertz CT molecular complexity index is 460. The molecule has 3 rings (SSSR count). The van der Waals surface area contributed by atoms with E-state index in [1.165, 1.54) is 12.5 Å². The second kappa shape index (κ2) is 5.38. The van der Waals surface area contributed by atoms with Crippen LogP contribution in [0.3, 0.4) is 0 Å². The van der Waals surface area contributed by atoms with Gasteiger partial charge in [0.05, 0.1) is 6.10 Å². The maximum absolute atomic E-state index is 12.4. The Hall–Kier alpha value is -0.910. The Balaban J connectivity index is 1.73. The summed E-state index contributed by atoms with van der Waals surface area (Å²) in [4.78, 5) is 12.4. The highest BCUT2D eigenvalue weighted by molar-refractivity contribution is 5.89. The molecule has 3 aliphatic rings. The minimum Gasteiger partial charge on any atom is -0.455 e. The zero-order chi connectivity index (χ0) is 15.2. The SMILES string of the molecule is CCC1(OC(=O)C2=CC(O)C(O)C(O)C2)CC2CCC1C2. The topological polar surface area (TPSA) is 87.0 Å². The van der Waals surface area contributed by atoms with Gasteiger partial charge in [-0.25, -0.2) is 4.79 Å². The monoisotopic (exact) mass is 296 g/mol. The van der Waals surface area contributed by atoms with Crippen LogP contribution in [0.15, 0.2) is 11.6 Å². The van der Waals surface area contributed by atoms with Gasteiger partial charge in [-0.3, -0.25) is 0 Å². The van der Waals surface area contributed by atoms with Crippen LogP contribution >= 0.6 is 0 Å². The molecule has 2 saturated carbocycles. The molecule has 0 saturated heterocycles. The summed E-state index contributed by atoms with van der Waals surface area (Å²) < 4.78 is 5.84. The first kappa shape index (κ1) is 15.0. The molecule has 0 aromatic rings. The first-order valence-electron chi connectivity index (χ1n) is 7.93. The van der Waals surface area contributed by atoms with E-state index in [-0.39, 0.29) is 17.6 Å². The summed E-state index contributed by atoms with van der Waals surface area (Å²) in [7, 11) is 0. The van der Waals surface area contributed by atoms with Crippen LogP contribution in [0.2, 0.25) is 0 Å². The fourth-order valence-corrected chi connectivity index (χ4v) is 4.37. The Kier molecular flexibility index (Phi) is 3.84. The molecular formula is C16H24O5. The summed E-state index contributed by atoms with van der Waals surface area (Å²) in [5.41, 5.74) is -0.0943. The number of esters is 1. The van der Waals surface area contributed by atoms with Crippen molar-refractivity contribution in [2.75, 3.05) is 0 Å². The van der Waals surface area contributed by atoms with E-state index in [0.717, 1.165) is 25.7 Å². The Labute approximate surface area is 124 Å². The predicted molar refractivity (Wildman–Crippen MR) is 75.3 cm³/mol. The van der Waals surface area contributed by atoms with E-state index >= 15 is 0 Å². The van der Waals surface area contributed by atoms with E-state index in [9.17, 15) is 20.1 Å². The van der Waals surface area contributed by atoms with Crippen LogP contribution in [0.5, 0.6) is 0 Å². The number of carbonyl (C=O) groups is 1. The molecule has 0 aliphatic heterocycles. The largest absolute Gasteiger partial charge is 0.455 e. The van der Waals surface area contributed by atoms with Gasteiger partial charge in [0, 0.05) is 12.0 Å². The molecule has 3 aliphatic carbocycles. The molecule has 0 amide bonds. The smallest absolute Gasteiger partial charge is 0.334 e. The number of hydrogen-bond acceptors (Lipinski definition) is 5. The maximum Gasteiger partial charge on any atom is 0.334 e. The number of fused-ring (bicyclic) bond motifs is 2. The molecular weight excluding hydrogens is 272 g/mol. The van der Waals surface area contributed by atoms with Crippen LogP contribution in [0, 0.1) is 11.8 Å².